The van der Waals surface area contributed by atoms with Gasteiger partial charge < -0.3 is 5.73 Å². The quantitative estimate of drug-likeness (QED) is 0.527. The van der Waals surface area contributed by atoms with Crippen LogP contribution in [-0.2, 0) is 21.2 Å². The lowest BCUT2D eigenvalue weighted by Crippen LogP contribution is -2.39. The monoisotopic (exact) mass is 476 g/mol. The zero-order valence-electron chi connectivity index (χ0n) is 17.1. The Morgan fingerprint density at radius 2 is 1.58 bits per heavy atom. The molecular formula is C23H22Cl2N2O3S. The van der Waals surface area contributed by atoms with Gasteiger partial charge in [0.05, 0.1) is 10.6 Å². The summed E-state index contributed by atoms with van der Waals surface area (Å²) >= 11 is 12.5. The molecule has 1 amide bonds. The van der Waals surface area contributed by atoms with Crippen molar-refractivity contribution in [3.63, 3.8) is 0 Å². The second kappa shape index (κ2) is 9.30. The molecule has 0 aliphatic carbocycles. The van der Waals surface area contributed by atoms with Crippen molar-refractivity contribution in [1.82, 2.24) is 0 Å². The van der Waals surface area contributed by atoms with Gasteiger partial charge in [-0.2, -0.15) is 0 Å². The fraction of sp³-hybridized carbons (Fsp3) is 0.174. The second-order valence-corrected chi connectivity index (χ2v) is 10.0. The van der Waals surface area contributed by atoms with Crippen LogP contribution in [0.25, 0.3) is 0 Å². The van der Waals surface area contributed by atoms with Crippen LogP contribution in [0.2, 0.25) is 10.0 Å². The molecule has 0 spiro atoms. The van der Waals surface area contributed by atoms with E-state index in [-0.39, 0.29) is 4.90 Å². The topological polar surface area (TPSA) is 80.5 Å². The summed E-state index contributed by atoms with van der Waals surface area (Å²) < 4.78 is 28.2. The number of carbonyl (C=O) groups excluding carboxylic acids is 1. The predicted molar refractivity (Wildman–Crippen MR) is 125 cm³/mol. The third-order valence-corrected chi connectivity index (χ3v) is 7.07. The van der Waals surface area contributed by atoms with Gasteiger partial charge in [0.1, 0.15) is 6.54 Å². The molecule has 3 aromatic carbocycles. The van der Waals surface area contributed by atoms with Gasteiger partial charge in [0.2, 0.25) is 5.91 Å². The summed E-state index contributed by atoms with van der Waals surface area (Å²) in [7, 11) is -4.08. The molecule has 31 heavy (non-hydrogen) atoms. The molecule has 0 saturated carbocycles. The normalized spacial score (nSPS) is 11.4. The van der Waals surface area contributed by atoms with Gasteiger partial charge in [0, 0.05) is 16.5 Å². The van der Waals surface area contributed by atoms with Crippen LogP contribution in [-0.4, -0.2) is 20.9 Å². The SMILES string of the molecule is Cc1cc(C)cc(S(=O)(=O)N(CC(N)=O)c2ccc(Cl)cc2Cc2ccccc2Cl)c1. The van der Waals surface area contributed by atoms with E-state index in [0.717, 1.165) is 21.0 Å². The second-order valence-electron chi connectivity index (χ2n) is 7.34. The van der Waals surface area contributed by atoms with E-state index in [4.69, 9.17) is 28.9 Å². The van der Waals surface area contributed by atoms with Gasteiger partial charge in [-0.15, -0.1) is 0 Å². The minimum atomic E-state index is -4.08. The first-order valence-electron chi connectivity index (χ1n) is 9.49. The molecule has 0 radical (unpaired) electrons. The average Bonchev–Trinajstić information content (AvgIpc) is 2.67. The average molecular weight is 477 g/mol. The lowest BCUT2D eigenvalue weighted by Gasteiger charge is -2.26. The van der Waals surface area contributed by atoms with Crippen LogP contribution in [0.5, 0.6) is 0 Å². The van der Waals surface area contributed by atoms with E-state index in [0.29, 0.717) is 27.7 Å². The highest BCUT2D eigenvalue weighted by Crippen LogP contribution is 2.32. The molecule has 0 aromatic heterocycles. The fourth-order valence-electron chi connectivity index (χ4n) is 3.44. The number of hydrogen-bond donors (Lipinski definition) is 1. The van der Waals surface area contributed by atoms with Crippen molar-refractivity contribution < 1.29 is 13.2 Å². The number of carbonyl (C=O) groups is 1. The number of amides is 1. The number of rotatable bonds is 7. The zero-order valence-corrected chi connectivity index (χ0v) is 19.4. The van der Waals surface area contributed by atoms with E-state index in [2.05, 4.69) is 0 Å². The van der Waals surface area contributed by atoms with Gasteiger partial charge in [-0.3, -0.25) is 9.10 Å². The van der Waals surface area contributed by atoms with Crippen molar-refractivity contribution in [2.24, 2.45) is 5.73 Å². The van der Waals surface area contributed by atoms with E-state index in [1.807, 2.05) is 38.1 Å². The molecule has 0 bridgehead atoms. The van der Waals surface area contributed by atoms with Gasteiger partial charge in [0.15, 0.2) is 0 Å². The number of benzene rings is 3. The molecule has 0 heterocycles. The summed E-state index contributed by atoms with van der Waals surface area (Å²) in [6, 6.07) is 17.1. The first-order chi connectivity index (χ1) is 14.6. The van der Waals surface area contributed by atoms with E-state index in [1.165, 1.54) is 0 Å². The maximum absolute atomic E-state index is 13.6. The van der Waals surface area contributed by atoms with E-state index >= 15 is 0 Å². The molecule has 0 aliphatic heterocycles. The smallest absolute Gasteiger partial charge is 0.264 e. The summed E-state index contributed by atoms with van der Waals surface area (Å²) in [5.41, 5.74) is 8.75. The number of anilines is 1. The summed E-state index contributed by atoms with van der Waals surface area (Å²) in [6.07, 6.45) is 0.327. The maximum Gasteiger partial charge on any atom is 0.264 e. The van der Waals surface area contributed by atoms with Gasteiger partial charge >= 0.3 is 0 Å². The minimum absolute atomic E-state index is 0.0879. The van der Waals surface area contributed by atoms with Crippen molar-refractivity contribution in [3.05, 3.63) is 93.0 Å². The summed E-state index contributed by atoms with van der Waals surface area (Å²) in [6.45, 7) is 3.12. The standard InChI is InChI=1S/C23H22Cl2N2O3S/c1-15-9-16(2)11-20(10-15)31(29,30)27(14-23(26)28)22-8-7-19(24)13-18(22)12-17-5-3-4-6-21(17)25/h3-11,13H,12,14H2,1-2H3,(H2,26,28). The van der Waals surface area contributed by atoms with Crippen LogP contribution in [0, 0.1) is 13.8 Å². The van der Waals surface area contributed by atoms with E-state index in [9.17, 15) is 13.2 Å². The number of nitrogens with two attached hydrogens (primary N) is 1. The van der Waals surface area contributed by atoms with Crippen molar-refractivity contribution in [2.75, 3.05) is 10.8 Å². The Kier molecular flexibility index (Phi) is 6.94. The number of nitrogens with zero attached hydrogens (tertiary/aromatic N) is 1. The molecule has 0 atom stereocenters. The third kappa shape index (κ3) is 5.39. The summed E-state index contributed by atoms with van der Waals surface area (Å²) in [4.78, 5) is 11.9. The van der Waals surface area contributed by atoms with Gasteiger partial charge in [0.25, 0.3) is 10.0 Å². The lowest BCUT2D eigenvalue weighted by atomic mass is 10.0. The highest BCUT2D eigenvalue weighted by atomic mass is 35.5. The van der Waals surface area contributed by atoms with Gasteiger partial charge in [-0.25, -0.2) is 8.42 Å². The Hall–Kier alpha value is -2.54. The molecule has 0 unspecified atom stereocenters. The number of primary amides is 1. The summed E-state index contributed by atoms with van der Waals surface area (Å²) in [5, 5.41) is 0.987. The number of sulfonamides is 1. The first kappa shape index (κ1) is 23.1. The Labute approximate surface area is 192 Å². The number of halogens is 2. The highest BCUT2D eigenvalue weighted by Gasteiger charge is 2.29. The first-order valence-corrected chi connectivity index (χ1v) is 11.7. The van der Waals surface area contributed by atoms with Crippen molar-refractivity contribution in [3.8, 4) is 0 Å². The molecular weight excluding hydrogens is 455 g/mol. The van der Waals surface area contributed by atoms with Crippen LogP contribution in [0.1, 0.15) is 22.3 Å². The molecule has 162 valence electrons. The molecule has 2 N–H and O–H groups in total. The third-order valence-electron chi connectivity index (χ3n) is 4.73. The fourth-order valence-corrected chi connectivity index (χ4v) is 5.49. The molecule has 3 rings (SSSR count). The van der Waals surface area contributed by atoms with Crippen molar-refractivity contribution in [2.45, 2.75) is 25.2 Å². The minimum Gasteiger partial charge on any atom is -0.368 e. The van der Waals surface area contributed by atoms with Crippen molar-refractivity contribution >= 4 is 44.8 Å². The molecule has 0 aliphatic rings. The van der Waals surface area contributed by atoms with Gasteiger partial charge in [-0.05, 0) is 72.5 Å². The van der Waals surface area contributed by atoms with Crippen LogP contribution < -0.4 is 10.0 Å². The molecule has 5 nitrogen and oxygen atoms in total. The molecule has 0 fully saturated rings. The van der Waals surface area contributed by atoms with Crippen LogP contribution in [0.4, 0.5) is 5.69 Å². The zero-order chi connectivity index (χ0) is 22.8. The molecule has 8 heteroatoms. The van der Waals surface area contributed by atoms with Crippen molar-refractivity contribution in [1.29, 1.82) is 0 Å². The molecule has 3 aromatic rings. The van der Waals surface area contributed by atoms with Gasteiger partial charge in [-0.1, -0.05) is 47.5 Å². The Bertz CT molecular complexity index is 1220. The Balaban J connectivity index is 2.17. The van der Waals surface area contributed by atoms with E-state index in [1.54, 1.807) is 36.4 Å². The Morgan fingerprint density at radius 1 is 0.935 bits per heavy atom. The van der Waals surface area contributed by atoms with Crippen LogP contribution in [0.15, 0.2) is 65.6 Å². The molecule has 0 saturated heterocycles. The predicted octanol–water partition coefficient (Wildman–Crippen LogP) is 4.88. The summed E-state index contributed by atoms with van der Waals surface area (Å²) in [5.74, 6) is -0.772. The van der Waals surface area contributed by atoms with E-state index < -0.39 is 22.5 Å². The van der Waals surface area contributed by atoms with Crippen LogP contribution >= 0.6 is 23.2 Å². The number of aryl methyl sites for hydroxylation is 2. The van der Waals surface area contributed by atoms with Crippen LogP contribution in [0.3, 0.4) is 0 Å². The number of hydrogen-bond acceptors (Lipinski definition) is 3. The largest absolute Gasteiger partial charge is 0.368 e. The lowest BCUT2D eigenvalue weighted by molar-refractivity contribution is -0.116. The maximum atomic E-state index is 13.6. The highest BCUT2D eigenvalue weighted by molar-refractivity contribution is 7.92. The Morgan fingerprint density at radius 3 is 2.19 bits per heavy atom.